The summed E-state index contributed by atoms with van der Waals surface area (Å²) in [5, 5.41) is 2.59. The van der Waals surface area contributed by atoms with Crippen molar-refractivity contribution < 1.29 is 9.53 Å². The van der Waals surface area contributed by atoms with Gasteiger partial charge in [-0.2, -0.15) is 0 Å². The Morgan fingerprint density at radius 3 is 2.56 bits per heavy atom. The molecule has 0 aliphatic heterocycles. The van der Waals surface area contributed by atoms with E-state index in [-0.39, 0.29) is 5.91 Å². The fraction of sp³-hybridized carbons (Fsp3) is 0.143. The van der Waals surface area contributed by atoms with Gasteiger partial charge in [-0.1, -0.05) is 30.3 Å². The fourth-order valence-corrected chi connectivity index (χ4v) is 1.77. The van der Waals surface area contributed by atoms with Crippen LogP contribution in [-0.2, 0) is 0 Å². The Balaban J connectivity index is 2.59. The molecule has 1 N–H and O–H groups in total. The van der Waals surface area contributed by atoms with Crippen molar-refractivity contribution >= 4 is 5.91 Å². The molecule has 0 saturated heterocycles. The average molecular weight is 242 g/mol. The molecule has 2 rings (SSSR count). The highest BCUT2D eigenvalue weighted by Crippen LogP contribution is 2.30. The quantitative estimate of drug-likeness (QED) is 0.896. The number of ether oxygens (including phenoxy) is 1. The van der Waals surface area contributed by atoms with Crippen LogP contribution in [-0.4, -0.2) is 25.0 Å². The Morgan fingerprint density at radius 2 is 1.94 bits per heavy atom. The highest BCUT2D eigenvalue weighted by molar-refractivity contribution is 5.98. The molecule has 1 aromatic carbocycles. The molecule has 1 heterocycles. The smallest absolute Gasteiger partial charge is 0.254 e. The molecule has 0 atom stereocenters. The number of amides is 1. The summed E-state index contributed by atoms with van der Waals surface area (Å²) in [6, 6.07) is 11.3. The average Bonchev–Trinajstić information content (AvgIpc) is 2.46. The van der Waals surface area contributed by atoms with Gasteiger partial charge in [0.25, 0.3) is 5.91 Å². The van der Waals surface area contributed by atoms with Gasteiger partial charge in [-0.15, -0.1) is 0 Å². The predicted octanol–water partition coefficient (Wildman–Crippen LogP) is 2.12. The topological polar surface area (TPSA) is 51.2 Å². The van der Waals surface area contributed by atoms with Crippen molar-refractivity contribution in [3.63, 3.8) is 0 Å². The molecule has 1 aromatic heterocycles. The fourth-order valence-electron chi connectivity index (χ4n) is 1.77. The second kappa shape index (κ2) is 5.31. The molecule has 1 amide bonds. The van der Waals surface area contributed by atoms with E-state index in [1.165, 1.54) is 7.11 Å². The van der Waals surface area contributed by atoms with Gasteiger partial charge in [0.1, 0.15) is 5.69 Å². The van der Waals surface area contributed by atoms with Crippen molar-refractivity contribution in [2.24, 2.45) is 0 Å². The van der Waals surface area contributed by atoms with Gasteiger partial charge < -0.3 is 10.1 Å². The van der Waals surface area contributed by atoms with Gasteiger partial charge in [0.15, 0.2) is 5.75 Å². The second-order valence-corrected chi connectivity index (χ2v) is 3.69. The molecule has 0 unspecified atom stereocenters. The number of carbonyl (C=O) groups is 1. The van der Waals surface area contributed by atoms with Gasteiger partial charge in [-0.05, 0) is 6.07 Å². The Labute approximate surface area is 106 Å². The predicted molar refractivity (Wildman–Crippen MR) is 69.6 cm³/mol. The van der Waals surface area contributed by atoms with Crippen LogP contribution in [0.25, 0.3) is 11.3 Å². The summed E-state index contributed by atoms with van der Waals surface area (Å²) in [5.74, 6) is 0.300. The van der Waals surface area contributed by atoms with E-state index in [9.17, 15) is 4.79 Å². The lowest BCUT2D eigenvalue weighted by Crippen LogP contribution is -2.19. The third-order valence-electron chi connectivity index (χ3n) is 2.63. The van der Waals surface area contributed by atoms with E-state index < -0.39 is 0 Å². The molecule has 4 nitrogen and oxygen atoms in total. The minimum atomic E-state index is -0.188. The van der Waals surface area contributed by atoms with Crippen LogP contribution in [0.15, 0.2) is 42.6 Å². The number of nitrogens with one attached hydrogen (secondary N) is 1. The maximum Gasteiger partial charge on any atom is 0.254 e. The summed E-state index contributed by atoms with van der Waals surface area (Å²) in [6.07, 6.45) is 1.61. The minimum Gasteiger partial charge on any atom is -0.494 e. The van der Waals surface area contributed by atoms with Gasteiger partial charge in [0, 0.05) is 18.8 Å². The van der Waals surface area contributed by atoms with E-state index in [0.29, 0.717) is 17.0 Å². The normalized spacial score (nSPS) is 9.89. The Morgan fingerprint density at radius 1 is 1.22 bits per heavy atom. The molecule has 0 radical (unpaired) electrons. The van der Waals surface area contributed by atoms with E-state index in [4.69, 9.17) is 4.74 Å². The Hall–Kier alpha value is -2.36. The zero-order valence-corrected chi connectivity index (χ0v) is 10.3. The Bertz CT molecular complexity index is 553. The lowest BCUT2D eigenvalue weighted by Gasteiger charge is -2.11. The van der Waals surface area contributed by atoms with E-state index in [1.807, 2.05) is 30.3 Å². The largest absolute Gasteiger partial charge is 0.494 e. The van der Waals surface area contributed by atoms with Crippen LogP contribution in [0.5, 0.6) is 5.75 Å². The van der Waals surface area contributed by atoms with Crippen LogP contribution in [0.1, 0.15) is 10.4 Å². The molecule has 0 fully saturated rings. The zero-order chi connectivity index (χ0) is 13.0. The summed E-state index contributed by atoms with van der Waals surface area (Å²) in [5.41, 5.74) is 2.06. The van der Waals surface area contributed by atoms with Crippen LogP contribution < -0.4 is 10.1 Å². The first-order valence-electron chi connectivity index (χ1n) is 5.58. The van der Waals surface area contributed by atoms with Gasteiger partial charge in [0.2, 0.25) is 0 Å². The monoisotopic (exact) mass is 242 g/mol. The first-order chi connectivity index (χ1) is 8.77. The third-order valence-corrected chi connectivity index (χ3v) is 2.63. The van der Waals surface area contributed by atoms with E-state index in [2.05, 4.69) is 10.3 Å². The SMILES string of the molecule is CNC(=O)c1ccnc(-c2ccccc2)c1OC. The molecule has 4 heteroatoms. The van der Waals surface area contributed by atoms with Crippen molar-refractivity contribution in [3.05, 3.63) is 48.2 Å². The number of methoxy groups -OCH3 is 1. The molecule has 0 bridgehead atoms. The highest BCUT2D eigenvalue weighted by Gasteiger charge is 2.16. The molecule has 0 spiro atoms. The zero-order valence-electron chi connectivity index (χ0n) is 10.3. The number of benzene rings is 1. The van der Waals surface area contributed by atoms with Crippen molar-refractivity contribution in [2.75, 3.05) is 14.2 Å². The summed E-state index contributed by atoms with van der Waals surface area (Å²) < 4.78 is 5.33. The number of hydrogen-bond donors (Lipinski definition) is 1. The van der Waals surface area contributed by atoms with Gasteiger partial charge in [-0.3, -0.25) is 9.78 Å². The molecule has 92 valence electrons. The van der Waals surface area contributed by atoms with Crippen LogP contribution in [0.3, 0.4) is 0 Å². The molecule has 2 aromatic rings. The van der Waals surface area contributed by atoms with Gasteiger partial charge in [-0.25, -0.2) is 0 Å². The van der Waals surface area contributed by atoms with Crippen molar-refractivity contribution in [2.45, 2.75) is 0 Å². The third kappa shape index (κ3) is 2.18. The summed E-state index contributed by atoms with van der Waals surface area (Å²) in [4.78, 5) is 16.0. The second-order valence-electron chi connectivity index (χ2n) is 3.69. The van der Waals surface area contributed by atoms with Crippen LogP contribution in [0, 0.1) is 0 Å². The van der Waals surface area contributed by atoms with Crippen LogP contribution >= 0.6 is 0 Å². The molecule has 18 heavy (non-hydrogen) atoms. The van der Waals surface area contributed by atoms with E-state index in [0.717, 1.165) is 5.56 Å². The number of rotatable bonds is 3. The maximum atomic E-state index is 11.8. The lowest BCUT2D eigenvalue weighted by molar-refractivity contribution is 0.0960. The lowest BCUT2D eigenvalue weighted by atomic mass is 10.1. The Kier molecular flexibility index (Phi) is 3.57. The number of aromatic nitrogens is 1. The standard InChI is InChI=1S/C14H14N2O2/c1-15-14(17)11-8-9-16-12(13(11)18-2)10-6-4-3-5-7-10/h3-9H,1-2H3,(H,15,17). The van der Waals surface area contributed by atoms with E-state index >= 15 is 0 Å². The number of pyridine rings is 1. The molecule has 0 saturated carbocycles. The first kappa shape index (κ1) is 12.1. The first-order valence-corrected chi connectivity index (χ1v) is 5.58. The minimum absolute atomic E-state index is 0.188. The molecule has 0 aliphatic rings. The summed E-state index contributed by atoms with van der Waals surface area (Å²) in [6.45, 7) is 0. The van der Waals surface area contributed by atoms with Crippen molar-refractivity contribution in [1.82, 2.24) is 10.3 Å². The van der Waals surface area contributed by atoms with Crippen molar-refractivity contribution in [1.29, 1.82) is 0 Å². The number of nitrogens with zero attached hydrogens (tertiary/aromatic N) is 1. The van der Waals surface area contributed by atoms with Gasteiger partial charge >= 0.3 is 0 Å². The number of hydrogen-bond acceptors (Lipinski definition) is 3. The van der Waals surface area contributed by atoms with Crippen LogP contribution in [0.4, 0.5) is 0 Å². The highest BCUT2D eigenvalue weighted by atomic mass is 16.5. The molecular formula is C14H14N2O2. The van der Waals surface area contributed by atoms with Crippen molar-refractivity contribution in [3.8, 4) is 17.0 Å². The van der Waals surface area contributed by atoms with Crippen LogP contribution in [0.2, 0.25) is 0 Å². The summed E-state index contributed by atoms with van der Waals surface area (Å²) in [7, 11) is 3.13. The molecular weight excluding hydrogens is 228 g/mol. The van der Waals surface area contributed by atoms with E-state index in [1.54, 1.807) is 19.3 Å². The van der Waals surface area contributed by atoms with Gasteiger partial charge in [0.05, 0.1) is 12.7 Å². The molecule has 0 aliphatic carbocycles. The summed E-state index contributed by atoms with van der Waals surface area (Å²) >= 11 is 0. The maximum absolute atomic E-state index is 11.8. The number of carbonyl (C=O) groups excluding carboxylic acids is 1.